The van der Waals surface area contributed by atoms with E-state index in [0.717, 1.165) is 22.0 Å². The first kappa shape index (κ1) is 17.0. The standard InChI is InChI=1S/C22H18FN3O/c23-19-9-5-4-8-17(19)16-11-12-18-20(14-16)25-26-22(18)24-21(27)13-10-15-6-2-1-3-7-15/h1-9,11-12,14H,10,13H2,(H2,24,25,26,27). The van der Waals surface area contributed by atoms with E-state index in [1.54, 1.807) is 18.2 Å². The van der Waals surface area contributed by atoms with Crippen LogP contribution in [0.15, 0.2) is 72.8 Å². The van der Waals surface area contributed by atoms with Gasteiger partial charge < -0.3 is 5.32 Å². The Hall–Kier alpha value is -3.47. The molecule has 2 N–H and O–H groups in total. The van der Waals surface area contributed by atoms with Crippen molar-refractivity contribution in [3.05, 3.63) is 84.2 Å². The van der Waals surface area contributed by atoms with E-state index in [1.165, 1.54) is 6.07 Å². The van der Waals surface area contributed by atoms with Crippen LogP contribution in [0.3, 0.4) is 0 Å². The Labute approximate surface area is 156 Å². The third kappa shape index (κ3) is 3.72. The molecule has 5 heteroatoms. The van der Waals surface area contributed by atoms with Gasteiger partial charge >= 0.3 is 0 Å². The van der Waals surface area contributed by atoms with Crippen LogP contribution in [0.4, 0.5) is 10.2 Å². The lowest BCUT2D eigenvalue weighted by molar-refractivity contribution is -0.116. The Bertz CT molecular complexity index is 1090. The maximum atomic E-state index is 14.0. The van der Waals surface area contributed by atoms with Gasteiger partial charge in [0.05, 0.1) is 5.52 Å². The number of carbonyl (C=O) groups is 1. The van der Waals surface area contributed by atoms with Crippen molar-refractivity contribution in [1.29, 1.82) is 0 Å². The number of aromatic amines is 1. The molecule has 0 saturated heterocycles. The number of anilines is 1. The highest BCUT2D eigenvalue weighted by molar-refractivity contribution is 6.00. The number of amides is 1. The minimum Gasteiger partial charge on any atom is -0.309 e. The summed E-state index contributed by atoms with van der Waals surface area (Å²) in [4.78, 5) is 12.2. The van der Waals surface area contributed by atoms with E-state index in [0.29, 0.717) is 24.2 Å². The first-order valence-corrected chi connectivity index (χ1v) is 8.77. The highest BCUT2D eigenvalue weighted by atomic mass is 19.1. The summed E-state index contributed by atoms with van der Waals surface area (Å²) in [6.07, 6.45) is 1.05. The van der Waals surface area contributed by atoms with E-state index < -0.39 is 0 Å². The Morgan fingerprint density at radius 2 is 1.78 bits per heavy atom. The number of rotatable bonds is 5. The number of nitrogens with zero attached hydrogens (tertiary/aromatic N) is 1. The quantitative estimate of drug-likeness (QED) is 0.530. The molecule has 0 radical (unpaired) electrons. The van der Waals surface area contributed by atoms with Gasteiger partial charge in [0.1, 0.15) is 5.82 Å². The number of aromatic nitrogens is 2. The fraction of sp³-hybridized carbons (Fsp3) is 0.0909. The molecule has 0 unspecified atom stereocenters. The highest BCUT2D eigenvalue weighted by Crippen LogP contribution is 2.28. The van der Waals surface area contributed by atoms with Crippen LogP contribution in [0.25, 0.3) is 22.0 Å². The van der Waals surface area contributed by atoms with Gasteiger partial charge in [0, 0.05) is 17.4 Å². The number of H-pyrrole nitrogens is 1. The molecule has 3 aromatic carbocycles. The van der Waals surface area contributed by atoms with Gasteiger partial charge in [-0.1, -0.05) is 54.6 Å². The zero-order chi connectivity index (χ0) is 18.6. The maximum Gasteiger partial charge on any atom is 0.225 e. The van der Waals surface area contributed by atoms with Crippen molar-refractivity contribution in [2.45, 2.75) is 12.8 Å². The van der Waals surface area contributed by atoms with Gasteiger partial charge in [-0.15, -0.1) is 0 Å². The molecule has 0 saturated carbocycles. The van der Waals surface area contributed by atoms with Crippen LogP contribution in [0.5, 0.6) is 0 Å². The van der Waals surface area contributed by atoms with Crippen LogP contribution >= 0.6 is 0 Å². The van der Waals surface area contributed by atoms with Gasteiger partial charge in [0.15, 0.2) is 5.82 Å². The SMILES string of the molecule is O=C(CCc1ccccc1)Nc1n[nH]c2cc(-c3ccccc3F)ccc12. The lowest BCUT2D eigenvalue weighted by atomic mass is 10.0. The number of nitrogens with one attached hydrogen (secondary N) is 2. The normalized spacial score (nSPS) is 10.9. The number of halogens is 1. The number of carbonyl (C=O) groups excluding carboxylic acids is 1. The van der Waals surface area contributed by atoms with Crippen molar-refractivity contribution in [2.75, 3.05) is 5.32 Å². The average molecular weight is 359 g/mol. The summed E-state index contributed by atoms with van der Waals surface area (Å²) in [7, 11) is 0. The van der Waals surface area contributed by atoms with Gasteiger partial charge in [-0.25, -0.2) is 4.39 Å². The van der Waals surface area contributed by atoms with Crippen molar-refractivity contribution in [3.8, 4) is 11.1 Å². The number of fused-ring (bicyclic) bond motifs is 1. The molecule has 4 aromatic rings. The minimum atomic E-state index is -0.272. The smallest absolute Gasteiger partial charge is 0.225 e. The Balaban J connectivity index is 1.50. The predicted molar refractivity (Wildman–Crippen MR) is 105 cm³/mol. The second kappa shape index (κ2) is 7.41. The molecule has 27 heavy (non-hydrogen) atoms. The van der Waals surface area contributed by atoms with E-state index in [4.69, 9.17) is 0 Å². The number of aryl methyl sites for hydroxylation is 1. The molecule has 0 atom stereocenters. The Morgan fingerprint density at radius 1 is 1.00 bits per heavy atom. The van der Waals surface area contributed by atoms with Crippen molar-refractivity contribution in [2.24, 2.45) is 0 Å². The average Bonchev–Trinajstić information content (AvgIpc) is 3.09. The van der Waals surface area contributed by atoms with Crippen molar-refractivity contribution < 1.29 is 9.18 Å². The minimum absolute atomic E-state index is 0.0922. The molecule has 0 bridgehead atoms. The molecule has 0 aliphatic heterocycles. The van der Waals surface area contributed by atoms with E-state index in [2.05, 4.69) is 15.5 Å². The van der Waals surface area contributed by atoms with Crippen molar-refractivity contribution in [1.82, 2.24) is 10.2 Å². The van der Waals surface area contributed by atoms with Crippen LogP contribution in [-0.4, -0.2) is 16.1 Å². The van der Waals surface area contributed by atoms with E-state index in [9.17, 15) is 9.18 Å². The van der Waals surface area contributed by atoms with E-state index in [-0.39, 0.29) is 11.7 Å². The second-order valence-corrected chi connectivity index (χ2v) is 6.35. The molecule has 1 aromatic heterocycles. The van der Waals surface area contributed by atoms with Crippen LogP contribution in [0.1, 0.15) is 12.0 Å². The molecule has 0 fully saturated rings. The molecule has 134 valence electrons. The lowest BCUT2D eigenvalue weighted by Gasteiger charge is -2.05. The van der Waals surface area contributed by atoms with Gasteiger partial charge in [0.25, 0.3) is 0 Å². The van der Waals surface area contributed by atoms with Gasteiger partial charge in [-0.2, -0.15) is 5.10 Å². The summed E-state index contributed by atoms with van der Waals surface area (Å²) in [5.74, 6) is 0.124. The summed E-state index contributed by atoms with van der Waals surface area (Å²) >= 11 is 0. The molecule has 0 spiro atoms. The van der Waals surface area contributed by atoms with Gasteiger partial charge in [-0.05, 0) is 35.7 Å². The predicted octanol–water partition coefficient (Wildman–Crippen LogP) is 4.94. The van der Waals surface area contributed by atoms with Crippen LogP contribution in [-0.2, 0) is 11.2 Å². The van der Waals surface area contributed by atoms with Gasteiger partial charge in [-0.3, -0.25) is 9.89 Å². The molecule has 4 rings (SSSR count). The molecule has 0 aliphatic carbocycles. The summed E-state index contributed by atoms with van der Waals surface area (Å²) in [5, 5.41) is 10.8. The third-order valence-corrected chi connectivity index (χ3v) is 4.49. The summed E-state index contributed by atoms with van der Waals surface area (Å²) in [5.41, 5.74) is 3.15. The first-order valence-electron chi connectivity index (χ1n) is 8.77. The first-order chi connectivity index (χ1) is 13.2. The zero-order valence-corrected chi connectivity index (χ0v) is 14.6. The number of hydrogen-bond acceptors (Lipinski definition) is 2. The summed E-state index contributed by atoms with van der Waals surface area (Å²) in [6, 6.07) is 22.0. The topological polar surface area (TPSA) is 57.8 Å². The Morgan fingerprint density at radius 3 is 2.59 bits per heavy atom. The van der Waals surface area contributed by atoms with Gasteiger partial charge in [0.2, 0.25) is 5.91 Å². The summed E-state index contributed by atoms with van der Waals surface area (Å²) in [6.45, 7) is 0. The van der Waals surface area contributed by atoms with E-state index in [1.807, 2.05) is 48.5 Å². The highest BCUT2D eigenvalue weighted by Gasteiger charge is 2.12. The fourth-order valence-electron chi connectivity index (χ4n) is 3.07. The molecular weight excluding hydrogens is 341 g/mol. The van der Waals surface area contributed by atoms with Crippen LogP contribution in [0, 0.1) is 5.82 Å². The Kier molecular flexibility index (Phi) is 4.66. The van der Waals surface area contributed by atoms with E-state index >= 15 is 0 Å². The monoisotopic (exact) mass is 359 g/mol. The molecule has 1 heterocycles. The third-order valence-electron chi connectivity index (χ3n) is 4.49. The van der Waals surface area contributed by atoms with Crippen molar-refractivity contribution in [3.63, 3.8) is 0 Å². The molecular formula is C22H18FN3O. The number of benzene rings is 3. The fourth-order valence-corrected chi connectivity index (χ4v) is 3.07. The van der Waals surface area contributed by atoms with Crippen LogP contribution < -0.4 is 5.32 Å². The van der Waals surface area contributed by atoms with Crippen LogP contribution in [0.2, 0.25) is 0 Å². The summed E-state index contributed by atoms with van der Waals surface area (Å²) < 4.78 is 14.0. The molecule has 4 nitrogen and oxygen atoms in total. The molecule has 1 amide bonds. The zero-order valence-electron chi connectivity index (χ0n) is 14.6. The lowest BCUT2D eigenvalue weighted by Crippen LogP contribution is -2.12. The number of hydrogen-bond donors (Lipinski definition) is 2. The second-order valence-electron chi connectivity index (χ2n) is 6.35. The molecule has 0 aliphatic rings. The maximum absolute atomic E-state index is 14.0. The van der Waals surface area contributed by atoms with Crippen molar-refractivity contribution >= 4 is 22.6 Å². The largest absolute Gasteiger partial charge is 0.309 e.